The highest BCUT2D eigenvalue weighted by Gasteiger charge is 2.40. The van der Waals surface area contributed by atoms with Crippen LogP contribution in [0.25, 0.3) is 11.1 Å². The molecule has 0 spiro atoms. The molecule has 1 aliphatic carbocycles. The number of fused-ring (bicyclic) bond motifs is 3. The SMILES string of the molecule is C=CCN(CC=C)[C@@H](Cc1ccc(OC(C)(C)C)cc1)C(=O)NC(C)(C)C(=O)NC(C)(C)C(=O)N[C@@H](Cc1ccc(NC(=O)OCC2c3ccccc3-c3ccccc32)cc1)C(=O)N[C@@H](CC(C)C)C(=O)OC(C)(C)C. The summed E-state index contributed by atoms with van der Waals surface area (Å²) in [6.07, 6.45) is 3.26. The Hall–Kier alpha value is -7.26. The smallest absolute Gasteiger partial charge is 0.411 e. The summed E-state index contributed by atoms with van der Waals surface area (Å²) in [7, 11) is 0. The minimum absolute atomic E-state index is 0.0114. The van der Waals surface area contributed by atoms with Gasteiger partial charge in [-0.3, -0.25) is 29.4 Å². The summed E-state index contributed by atoms with van der Waals surface area (Å²) < 4.78 is 17.4. The van der Waals surface area contributed by atoms with Crippen LogP contribution < -0.4 is 31.3 Å². The second-order valence-corrected chi connectivity index (χ2v) is 22.9. The van der Waals surface area contributed by atoms with Crippen molar-refractivity contribution in [2.75, 3.05) is 25.0 Å². The fourth-order valence-electron chi connectivity index (χ4n) is 8.85. The lowest BCUT2D eigenvalue weighted by Gasteiger charge is -2.35. The molecular formula is C61H80N6O9. The Balaban J connectivity index is 1.31. The quantitative estimate of drug-likeness (QED) is 0.0334. The molecule has 4 aromatic carbocycles. The van der Waals surface area contributed by atoms with E-state index in [0.717, 1.165) is 27.8 Å². The van der Waals surface area contributed by atoms with E-state index in [9.17, 15) is 28.8 Å². The molecule has 0 bridgehead atoms. The van der Waals surface area contributed by atoms with Crippen molar-refractivity contribution >= 4 is 41.4 Å². The van der Waals surface area contributed by atoms with Gasteiger partial charge in [0, 0.05) is 31.1 Å². The van der Waals surface area contributed by atoms with Crippen LogP contribution >= 0.6 is 0 Å². The Morgan fingerprint density at radius 2 is 1.14 bits per heavy atom. The lowest BCUT2D eigenvalue weighted by Crippen LogP contribution is -2.65. The third-order valence-electron chi connectivity index (χ3n) is 12.6. The topological polar surface area (TPSA) is 193 Å². The first-order valence-corrected chi connectivity index (χ1v) is 26.0. The summed E-state index contributed by atoms with van der Waals surface area (Å²) in [6, 6.07) is 27.4. The highest BCUT2D eigenvalue weighted by atomic mass is 16.6. The van der Waals surface area contributed by atoms with E-state index in [4.69, 9.17) is 14.2 Å². The molecule has 5 rings (SSSR count). The van der Waals surface area contributed by atoms with Gasteiger partial charge in [-0.15, -0.1) is 13.2 Å². The highest BCUT2D eigenvalue weighted by Crippen LogP contribution is 2.44. The van der Waals surface area contributed by atoms with Crippen molar-refractivity contribution in [3.63, 3.8) is 0 Å². The maximum absolute atomic E-state index is 14.4. The minimum atomic E-state index is -1.63. The van der Waals surface area contributed by atoms with Crippen LogP contribution in [0.3, 0.4) is 0 Å². The molecule has 0 saturated carbocycles. The van der Waals surface area contributed by atoms with Gasteiger partial charge in [0.05, 0.1) is 6.04 Å². The van der Waals surface area contributed by atoms with Gasteiger partial charge >= 0.3 is 12.1 Å². The Morgan fingerprint density at radius 1 is 0.618 bits per heavy atom. The molecule has 3 atom stereocenters. The first-order chi connectivity index (χ1) is 35.6. The van der Waals surface area contributed by atoms with Crippen LogP contribution in [0.2, 0.25) is 0 Å². The van der Waals surface area contributed by atoms with Gasteiger partial charge in [0.25, 0.3) is 0 Å². The normalized spacial score (nSPS) is 13.8. The first kappa shape index (κ1) is 59.6. The van der Waals surface area contributed by atoms with E-state index in [0.29, 0.717) is 36.5 Å². The predicted octanol–water partition coefficient (Wildman–Crippen LogP) is 9.20. The molecule has 0 saturated heterocycles. The lowest BCUT2D eigenvalue weighted by atomic mass is 9.96. The van der Waals surface area contributed by atoms with Crippen molar-refractivity contribution in [2.45, 2.75) is 149 Å². The molecule has 76 heavy (non-hydrogen) atoms. The highest BCUT2D eigenvalue weighted by molar-refractivity contribution is 5.98. The van der Waals surface area contributed by atoms with E-state index >= 15 is 0 Å². The van der Waals surface area contributed by atoms with Gasteiger partial charge in [-0.1, -0.05) is 98.8 Å². The first-order valence-electron chi connectivity index (χ1n) is 26.0. The molecule has 0 fully saturated rings. The van der Waals surface area contributed by atoms with Gasteiger partial charge in [-0.25, -0.2) is 9.59 Å². The molecule has 0 heterocycles. The predicted molar refractivity (Wildman–Crippen MR) is 299 cm³/mol. The summed E-state index contributed by atoms with van der Waals surface area (Å²) in [6.45, 7) is 29.6. The molecular weight excluding hydrogens is 961 g/mol. The van der Waals surface area contributed by atoms with Gasteiger partial charge < -0.3 is 35.5 Å². The van der Waals surface area contributed by atoms with E-state index in [2.05, 4.69) is 51.9 Å². The van der Waals surface area contributed by atoms with E-state index in [1.807, 2.05) is 100 Å². The van der Waals surface area contributed by atoms with E-state index < -0.39 is 76.1 Å². The maximum Gasteiger partial charge on any atom is 0.411 e. The molecule has 0 radical (unpaired) electrons. The van der Waals surface area contributed by atoms with Gasteiger partial charge in [0.1, 0.15) is 46.7 Å². The number of nitrogens with one attached hydrogen (secondary N) is 5. The zero-order valence-corrected chi connectivity index (χ0v) is 46.6. The minimum Gasteiger partial charge on any atom is -0.488 e. The zero-order chi connectivity index (χ0) is 56.2. The summed E-state index contributed by atoms with van der Waals surface area (Å²) in [4.78, 5) is 85.8. The van der Waals surface area contributed by atoms with Crippen LogP contribution in [-0.4, -0.2) is 101 Å². The second-order valence-electron chi connectivity index (χ2n) is 22.9. The van der Waals surface area contributed by atoms with E-state index in [1.165, 1.54) is 13.8 Å². The molecule has 5 amide bonds. The number of rotatable bonds is 24. The van der Waals surface area contributed by atoms with Crippen molar-refractivity contribution in [3.8, 4) is 16.9 Å². The second kappa shape index (κ2) is 25.5. The van der Waals surface area contributed by atoms with Gasteiger partial charge in [-0.2, -0.15) is 0 Å². The van der Waals surface area contributed by atoms with E-state index in [-0.39, 0.29) is 31.3 Å². The van der Waals surface area contributed by atoms with Crippen LogP contribution in [0.15, 0.2) is 122 Å². The maximum atomic E-state index is 14.4. The standard InChI is InChI=1S/C61H80N6O9/c1-15-33-67(34-16-2)51(37-41-27-31-43(32-28-41)75-58(5,6)7)53(69)65-61(13,14)56(72)66-60(11,12)55(71)64-49(52(68)63-50(35-39(3)4)54(70)76-59(8,9)10)36-40-25-29-42(30-26-40)62-57(73)74-38-48-46-23-19-17-21-44(46)45-22-18-20-24-47(45)48/h15-32,39,48-51H,1-2,33-38H2,3-14H3,(H,62,73)(H,63,68)(H,64,71)(H,65,69)(H,66,72)/t49-,50-,51-/m0/s1. The summed E-state index contributed by atoms with van der Waals surface area (Å²) in [5.41, 5.74) is 1.93. The van der Waals surface area contributed by atoms with Crippen LogP contribution in [0.5, 0.6) is 5.75 Å². The number of anilines is 1. The number of carbonyl (C=O) groups excluding carboxylic acids is 6. The van der Waals surface area contributed by atoms with Gasteiger partial charge in [0.15, 0.2) is 0 Å². The van der Waals surface area contributed by atoms with Gasteiger partial charge in [0.2, 0.25) is 23.6 Å². The Morgan fingerprint density at radius 3 is 1.67 bits per heavy atom. The lowest BCUT2D eigenvalue weighted by molar-refractivity contribution is -0.159. The summed E-state index contributed by atoms with van der Waals surface area (Å²) >= 11 is 0. The average molecular weight is 1040 g/mol. The monoisotopic (exact) mass is 1040 g/mol. The van der Waals surface area contributed by atoms with Crippen molar-refractivity contribution in [3.05, 3.63) is 145 Å². The fraction of sp³-hybridized carbons (Fsp3) is 0.443. The number of carbonyl (C=O) groups is 6. The molecule has 0 unspecified atom stereocenters. The summed E-state index contributed by atoms with van der Waals surface area (Å²) in [5.74, 6) is -2.53. The van der Waals surface area contributed by atoms with Crippen LogP contribution in [0.4, 0.5) is 10.5 Å². The molecule has 4 aromatic rings. The number of benzene rings is 4. The van der Waals surface area contributed by atoms with Crippen molar-refractivity contribution in [1.82, 2.24) is 26.2 Å². The molecule has 0 aliphatic heterocycles. The van der Waals surface area contributed by atoms with Crippen LogP contribution in [-0.2, 0) is 46.3 Å². The third-order valence-corrected chi connectivity index (χ3v) is 12.6. The molecule has 5 N–H and O–H groups in total. The molecule has 15 nitrogen and oxygen atoms in total. The zero-order valence-electron chi connectivity index (χ0n) is 46.6. The number of esters is 1. The average Bonchev–Trinajstić information content (AvgIpc) is 3.65. The number of nitrogens with zero attached hydrogens (tertiary/aromatic N) is 1. The largest absolute Gasteiger partial charge is 0.488 e. The Bertz CT molecular complexity index is 2640. The van der Waals surface area contributed by atoms with Crippen LogP contribution in [0, 0.1) is 5.92 Å². The summed E-state index contributed by atoms with van der Waals surface area (Å²) in [5, 5.41) is 14.2. The molecule has 1 aliphatic rings. The number of hydrogen-bond acceptors (Lipinski definition) is 10. The van der Waals surface area contributed by atoms with Crippen molar-refractivity contribution < 1.29 is 43.0 Å². The number of hydrogen-bond donors (Lipinski definition) is 5. The Labute approximate surface area is 450 Å². The van der Waals surface area contributed by atoms with E-state index in [1.54, 1.807) is 71.0 Å². The number of amides is 5. The number of ether oxygens (including phenoxy) is 3. The fourth-order valence-corrected chi connectivity index (χ4v) is 8.85. The van der Waals surface area contributed by atoms with Crippen LogP contribution in [0.1, 0.15) is 118 Å². The Kier molecular flexibility index (Phi) is 20.0. The van der Waals surface area contributed by atoms with Crippen molar-refractivity contribution in [1.29, 1.82) is 0 Å². The molecule has 15 heteroatoms. The molecule has 0 aromatic heterocycles. The van der Waals surface area contributed by atoms with Crippen molar-refractivity contribution in [2.24, 2.45) is 5.92 Å². The third kappa shape index (κ3) is 17.1. The molecule has 408 valence electrons. The van der Waals surface area contributed by atoms with Gasteiger partial charge in [-0.05, 0) is 146 Å².